The Morgan fingerprint density at radius 2 is 1.78 bits per heavy atom. The second-order valence-electron chi connectivity index (χ2n) is 5.50. The molecule has 3 nitrogen and oxygen atoms in total. The Balaban J connectivity index is 1.63. The van der Waals surface area contributed by atoms with Crippen LogP contribution in [0.5, 0.6) is 0 Å². The number of benzene rings is 1. The van der Waals surface area contributed by atoms with Gasteiger partial charge in [0.25, 0.3) is 0 Å². The summed E-state index contributed by atoms with van der Waals surface area (Å²) in [6, 6.07) is 9.52. The summed E-state index contributed by atoms with van der Waals surface area (Å²) in [4.78, 5) is 5.19. The maximum absolute atomic E-state index is 5.64. The second kappa shape index (κ2) is 5.29. The molecule has 2 aliphatic heterocycles. The fraction of sp³-hybridized carbons (Fsp3) is 0.600. The molecule has 2 fully saturated rings. The van der Waals surface area contributed by atoms with Gasteiger partial charge in [0.15, 0.2) is 0 Å². The lowest BCUT2D eigenvalue weighted by Crippen LogP contribution is -2.35. The quantitative estimate of drug-likeness (QED) is 0.881. The summed E-state index contributed by atoms with van der Waals surface area (Å²) in [5, 5.41) is 0. The lowest BCUT2D eigenvalue weighted by Gasteiger charge is -2.24. The third kappa shape index (κ3) is 2.38. The molecule has 1 unspecified atom stereocenters. The van der Waals surface area contributed by atoms with Crippen molar-refractivity contribution in [3.63, 3.8) is 0 Å². The van der Waals surface area contributed by atoms with E-state index in [0.29, 0.717) is 6.54 Å². The van der Waals surface area contributed by atoms with E-state index in [1.807, 2.05) is 0 Å². The van der Waals surface area contributed by atoms with Crippen LogP contribution in [0.15, 0.2) is 24.3 Å². The van der Waals surface area contributed by atoms with Crippen LogP contribution in [0.2, 0.25) is 0 Å². The number of nitrogens with zero attached hydrogens (tertiary/aromatic N) is 2. The molecule has 1 atom stereocenters. The molecule has 2 heterocycles. The molecule has 2 saturated heterocycles. The smallest absolute Gasteiger partial charge is 0.0366 e. The Hall–Kier alpha value is -1.06. The van der Waals surface area contributed by atoms with Crippen LogP contribution in [0.3, 0.4) is 0 Å². The monoisotopic (exact) mass is 245 g/mol. The molecule has 0 aliphatic carbocycles. The fourth-order valence-corrected chi connectivity index (χ4v) is 3.22. The zero-order valence-electron chi connectivity index (χ0n) is 11.0. The lowest BCUT2D eigenvalue weighted by molar-refractivity contribution is 0.260. The van der Waals surface area contributed by atoms with Gasteiger partial charge in [0.1, 0.15) is 0 Å². The van der Waals surface area contributed by atoms with Gasteiger partial charge < -0.3 is 10.6 Å². The van der Waals surface area contributed by atoms with Crippen molar-refractivity contribution in [2.45, 2.75) is 31.8 Å². The van der Waals surface area contributed by atoms with E-state index in [2.05, 4.69) is 34.1 Å². The SMILES string of the molecule is NCc1ccc(N2CCC(N3CCCC3)C2)cc1. The maximum atomic E-state index is 5.64. The molecule has 0 radical (unpaired) electrons. The van der Waals surface area contributed by atoms with Crippen molar-refractivity contribution in [3.8, 4) is 0 Å². The highest BCUT2D eigenvalue weighted by atomic mass is 15.3. The van der Waals surface area contributed by atoms with E-state index in [-0.39, 0.29) is 0 Å². The molecule has 98 valence electrons. The highest BCUT2D eigenvalue weighted by molar-refractivity contribution is 5.48. The molecule has 1 aromatic rings. The summed E-state index contributed by atoms with van der Waals surface area (Å²) < 4.78 is 0. The third-order valence-corrected chi connectivity index (χ3v) is 4.36. The Kier molecular flexibility index (Phi) is 3.52. The number of anilines is 1. The van der Waals surface area contributed by atoms with Gasteiger partial charge in [-0.05, 0) is 50.0 Å². The van der Waals surface area contributed by atoms with Crippen LogP contribution in [-0.4, -0.2) is 37.1 Å². The summed E-state index contributed by atoms with van der Waals surface area (Å²) in [6.45, 7) is 5.65. The van der Waals surface area contributed by atoms with Gasteiger partial charge in [0.2, 0.25) is 0 Å². The van der Waals surface area contributed by atoms with Gasteiger partial charge in [0.05, 0.1) is 0 Å². The average molecular weight is 245 g/mol. The number of hydrogen-bond donors (Lipinski definition) is 1. The minimum absolute atomic E-state index is 0.636. The summed E-state index contributed by atoms with van der Waals surface area (Å²) in [5.74, 6) is 0. The Morgan fingerprint density at radius 3 is 2.44 bits per heavy atom. The van der Waals surface area contributed by atoms with E-state index in [9.17, 15) is 0 Å². The van der Waals surface area contributed by atoms with Crippen LogP contribution in [0.1, 0.15) is 24.8 Å². The van der Waals surface area contributed by atoms with Crippen LogP contribution < -0.4 is 10.6 Å². The van der Waals surface area contributed by atoms with Crippen LogP contribution in [-0.2, 0) is 6.54 Å². The predicted octanol–water partition coefficient (Wildman–Crippen LogP) is 1.82. The van der Waals surface area contributed by atoms with E-state index < -0.39 is 0 Å². The van der Waals surface area contributed by atoms with Crippen molar-refractivity contribution in [2.24, 2.45) is 5.73 Å². The summed E-state index contributed by atoms with van der Waals surface area (Å²) in [5.41, 5.74) is 8.21. The molecule has 18 heavy (non-hydrogen) atoms. The van der Waals surface area contributed by atoms with E-state index in [1.165, 1.54) is 56.7 Å². The third-order valence-electron chi connectivity index (χ3n) is 4.36. The Morgan fingerprint density at radius 1 is 1.06 bits per heavy atom. The second-order valence-corrected chi connectivity index (χ2v) is 5.50. The number of likely N-dealkylation sites (tertiary alicyclic amines) is 1. The molecule has 0 spiro atoms. The van der Waals surface area contributed by atoms with Crippen molar-refractivity contribution >= 4 is 5.69 Å². The van der Waals surface area contributed by atoms with Crippen molar-refractivity contribution in [3.05, 3.63) is 29.8 Å². The first-order valence-electron chi connectivity index (χ1n) is 7.15. The largest absolute Gasteiger partial charge is 0.370 e. The molecular formula is C15H23N3. The van der Waals surface area contributed by atoms with Gasteiger partial charge in [-0.15, -0.1) is 0 Å². The van der Waals surface area contributed by atoms with Crippen LogP contribution in [0.4, 0.5) is 5.69 Å². The number of rotatable bonds is 3. The molecule has 0 saturated carbocycles. The molecule has 0 amide bonds. The minimum Gasteiger partial charge on any atom is -0.370 e. The van der Waals surface area contributed by atoms with Gasteiger partial charge in [-0.1, -0.05) is 12.1 Å². The van der Waals surface area contributed by atoms with Crippen LogP contribution >= 0.6 is 0 Å². The predicted molar refractivity (Wildman–Crippen MR) is 75.8 cm³/mol. The van der Waals surface area contributed by atoms with E-state index >= 15 is 0 Å². The molecule has 3 heteroatoms. The molecular weight excluding hydrogens is 222 g/mol. The van der Waals surface area contributed by atoms with Crippen molar-refractivity contribution in [1.82, 2.24) is 4.90 Å². The van der Waals surface area contributed by atoms with E-state index in [1.54, 1.807) is 0 Å². The molecule has 2 N–H and O–H groups in total. The van der Waals surface area contributed by atoms with E-state index in [0.717, 1.165) is 6.04 Å². The topological polar surface area (TPSA) is 32.5 Å². The first kappa shape index (κ1) is 12.0. The van der Waals surface area contributed by atoms with Crippen LogP contribution in [0.25, 0.3) is 0 Å². The molecule has 3 rings (SSSR count). The van der Waals surface area contributed by atoms with Gasteiger partial charge in [-0.25, -0.2) is 0 Å². The van der Waals surface area contributed by atoms with Gasteiger partial charge >= 0.3 is 0 Å². The number of hydrogen-bond acceptors (Lipinski definition) is 3. The van der Waals surface area contributed by atoms with Crippen molar-refractivity contribution in [2.75, 3.05) is 31.1 Å². The Labute approximate surface area is 110 Å². The standard InChI is InChI=1S/C15H23N3/c16-11-13-3-5-14(6-4-13)18-10-7-15(12-18)17-8-1-2-9-17/h3-6,15H,1-2,7-12,16H2. The summed E-state index contributed by atoms with van der Waals surface area (Å²) >= 11 is 0. The average Bonchev–Trinajstić information content (AvgIpc) is 3.09. The summed E-state index contributed by atoms with van der Waals surface area (Å²) in [7, 11) is 0. The molecule has 0 aromatic heterocycles. The van der Waals surface area contributed by atoms with Gasteiger partial charge in [-0.3, -0.25) is 4.90 Å². The zero-order chi connectivity index (χ0) is 12.4. The van der Waals surface area contributed by atoms with E-state index in [4.69, 9.17) is 5.73 Å². The van der Waals surface area contributed by atoms with Crippen LogP contribution in [0, 0.1) is 0 Å². The highest BCUT2D eigenvalue weighted by Crippen LogP contribution is 2.25. The zero-order valence-corrected chi connectivity index (χ0v) is 11.0. The van der Waals surface area contributed by atoms with Crippen molar-refractivity contribution in [1.29, 1.82) is 0 Å². The molecule has 0 bridgehead atoms. The lowest BCUT2D eigenvalue weighted by atomic mass is 10.2. The number of nitrogens with two attached hydrogens (primary N) is 1. The van der Waals surface area contributed by atoms with Crippen molar-refractivity contribution < 1.29 is 0 Å². The summed E-state index contributed by atoms with van der Waals surface area (Å²) in [6.07, 6.45) is 4.10. The molecule has 2 aliphatic rings. The minimum atomic E-state index is 0.636. The van der Waals surface area contributed by atoms with Gasteiger partial charge in [0, 0.05) is 31.4 Å². The first-order chi connectivity index (χ1) is 8.86. The normalized spacial score (nSPS) is 24.9. The van der Waals surface area contributed by atoms with Gasteiger partial charge in [-0.2, -0.15) is 0 Å². The fourth-order valence-electron chi connectivity index (χ4n) is 3.22. The maximum Gasteiger partial charge on any atom is 0.0366 e. The highest BCUT2D eigenvalue weighted by Gasteiger charge is 2.29. The molecule has 1 aromatic carbocycles. The first-order valence-corrected chi connectivity index (χ1v) is 7.15. The Bertz CT molecular complexity index is 381.